The van der Waals surface area contributed by atoms with Gasteiger partial charge in [0.25, 0.3) is 0 Å². The minimum Gasteiger partial charge on any atom is -0.312 e. The Balaban J connectivity index is 1.62. The van der Waals surface area contributed by atoms with Crippen molar-refractivity contribution in [3.05, 3.63) is 102 Å². The third-order valence-corrected chi connectivity index (χ3v) is 5.29. The van der Waals surface area contributed by atoms with Crippen LogP contribution < -0.4 is 0 Å². The molecule has 0 aromatic heterocycles. The van der Waals surface area contributed by atoms with E-state index in [-0.39, 0.29) is 11.5 Å². The van der Waals surface area contributed by atoms with Crippen molar-refractivity contribution < 1.29 is 14.4 Å². The predicted molar refractivity (Wildman–Crippen MR) is 116 cm³/mol. The van der Waals surface area contributed by atoms with Gasteiger partial charge in [-0.1, -0.05) is 60.6 Å². The van der Waals surface area contributed by atoms with Gasteiger partial charge >= 0.3 is 5.97 Å². The maximum absolute atomic E-state index is 12.7. The summed E-state index contributed by atoms with van der Waals surface area (Å²) >= 11 is 1.71. The Morgan fingerprint density at radius 1 is 0.828 bits per heavy atom. The minimum atomic E-state index is -0.586. The van der Waals surface area contributed by atoms with Crippen LogP contribution in [-0.2, 0) is 10.6 Å². The fourth-order valence-corrected chi connectivity index (χ4v) is 3.45. The van der Waals surface area contributed by atoms with Gasteiger partial charge in [0.1, 0.15) is 5.71 Å². The van der Waals surface area contributed by atoms with Crippen LogP contribution in [0.15, 0.2) is 95.0 Å². The third kappa shape index (κ3) is 5.90. The Morgan fingerprint density at radius 2 is 1.45 bits per heavy atom. The first-order chi connectivity index (χ1) is 14.2. The van der Waals surface area contributed by atoms with E-state index in [1.807, 2.05) is 36.4 Å². The van der Waals surface area contributed by atoms with E-state index < -0.39 is 5.97 Å². The van der Waals surface area contributed by atoms with Crippen molar-refractivity contribution in [2.45, 2.75) is 24.0 Å². The Morgan fingerprint density at radius 3 is 2.07 bits per heavy atom. The van der Waals surface area contributed by atoms with Gasteiger partial charge in [-0.05, 0) is 48.4 Å². The topological polar surface area (TPSA) is 55.7 Å². The lowest BCUT2D eigenvalue weighted by Gasteiger charge is -2.06. The van der Waals surface area contributed by atoms with Crippen LogP contribution in [0.5, 0.6) is 0 Å². The number of oxime groups is 1. The van der Waals surface area contributed by atoms with Crippen molar-refractivity contribution in [2.24, 2.45) is 5.16 Å². The fraction of sp³-hybridized carbons (Fsp3) is 0.125. The molecule has 0 aliphatic carbocycles. The molecular formula is C24H21NO3S. The highest BCUT2D eigenvalue weighted by atomic mass is 32.2. The van der Waals surface area contributed by atoms with Crippen molar-refractivity contribution in [2.75, 3.05) is 0 Å². The quantitative estimate of drug-likeness (QED) is 0.157. The van der Waals surface area contributed by atoms with Crippen molar-refractivity contribution in [1.82, 2.24) is 0 Å². The second kappa shape index (κ2) is 10.4. The first-order valence-electron chi connectivity index (χ1n) is 9.32. The van der Waals surface area contributed by atoms with Gasteiger partial charge in [-0.15, -0.1) is 11.8 Å². The summed E-state index contributed by atoms with van der Waals surface area (Å²) in [6.07, 6.45) is 0.366. The molecule has 5 heteroatoms. The number of hydrogen-bond acceptors (Lipinski definition) is 5. The number of ketones is 1. The lowest BCUT2D eigenvalue weighted by atomic mass is 10.1. The number of benzene rings is 3. The minimum absolute atomic E-state index is 0.207. The van der Waals surface area contributed by atoms with E-state index in [0.29, 0.717) is 17.5 Å². The molecule has 0 radical (unpaired) electrons. The molecule has 3 aromatic carbocycles. The molecular weight excluding hydrogens is 382 g/mol. The summed E-state index contributed by atoms with van der Waals surface area (Å²) in [5, 5.41) is 3.81. The average Bonchev–Trinajstić information content (AvgIpc) is 2.79. The van der Waals surface area contributed by atoms with E-state index in [2.05, 4.69) is 17.3 Å². The summed E-state index contributed by atoms with van der Waals surface area (Å²) < 4.78 is 0. The number of hydrogen-bond donors (Lipinski definition) is 0. The van der Waals surface area contributed by atoms with E-state index in [4.69, 9.17) is 4.84 Å². The van der Waals surface area contributed by atoms with E-state index in [9.17, 15) is 9.59 Å². The molecule has 0 saturated heterocycles. The summed E-state index contributed by atoms with van der Waals surface area (Å²) in [5.41, 5.74) is 2.36. The predicted octanol–water partition coefficient (Wildman–Crippen LogP) is 5.78. The second-order valence-electron chi connectivity index (χ2n) is 6.26. The first-order valence-corrected chi connectivity index (χ1v) is 10.3. The van der Waals surface area contributed by atoms with Crippen molar-refractivity contribution in [1.29, 1.82) is 0 Å². The zero-order chi connectivity index (χ0) is 20.5. The molecule has 0 spiro atoms. The Labute approximate surface area is 174 Å². The van der Waals surface area contributed by atoms with Crippen molar-refractivity contribution in [3.8, 4) is 0 Å². The van der Waals surface area contributed by atoms with E-state index in [1.165, 1.54) is 5.56 Å². The number of Topliss-reactive ketones (excluding diaryl/α,β-unsaturated/α-hetero) is 1. The number of nitrogens with zero attached hydrogens (tertiary/aromatic N) is 1. The third-order valence-electron chi connectivity index (χ3n) is 4.21. The highest BCUT2D eigenvalue weighted by molar-refractivity contribution is 7.98. The zero-order valence-electron chi connectivity index (χ0n) is 16.1. The zero-order valence-corrected chi connectivity index (χ0v) is 16.9. The van der Waals surface area contributed by atoms with Gasteiger partial charge in [0.2, 0.25) is 5.78 Å². The van der Waals surface area contributed by atoms with E-state index >= 15 is 0 Å². The van der Waals surface area contributed by atoms with E-state index in [1.54, 1.807) is 55.1 Å². The van der Waals surface area contributed by atoms with Gasteiger partial charge in [-0.3, -0.25) is 4.79 Å². The maximum Gasteiger partial charge on any atom is 0.365 e. The Hall–Kier alpha value is -3.18. The van der Waals surface area contributed by atoms with Gasteiger partial charge < -0.3 is 4.84 Å². The number of carbonyl (C=O) groups excluding carboxylic acids is 2. The fourth-order valence-electron chi connectivity index (χ4n) is 2.60. The van der Waals surface area contributed by atoms with Gasteiger partial charge in [-0.25, -0.2) is 4.79 Å². The van der Waals surface area contributed by atoms with Crippen LogP contribution in [0.3, 0.4) is 0 Å². The summed E-state index contributed by atoms with van der Waals surface area (Å²) in [7, 11) is 0. The highest BCUT2D eigenvalue weighted by Gasteiger charge is 2.15. The standard InChI is InChI=1S/C24H21NO3S/c1-2-22(25-28-24(27)20-11-7-4-8-12-20)23(26)19-13-15-21(16-14-19)29-17-18-9-5-3-6-10-18/h3-16H,2,17H2,1H3. The number of rotatable bonds is 8. The van der Waals surface area contributed by atoms with Crippen molar-refractivity contribution >= 4 is 29.2 Å². The van der Waals surface area contributed by atoms with Gasteiger partial charge in [-0.2, -0.15) is 0 Å². The van der Waals surface area contributed by atoms with Crippen LogP contribution >= 0.6 is 11.8 Å². The van der Waals surface area contributed by atoms with Crippen molar-refractivity contribution in [3.63, 3.8) is 0 Å². The van der Waals surface area contributed by atoms with Crippen LogP contribution in [0.25, 0.3) is 0 Å². The number of thioether (sulfide) groups is 1. The SMILES string of the molecule is CCC(=NOC(=O)c1ccccc1)C(=O)c1ccc(SCc2ccccc2)cc1. The monoisotopic (exact) mass is 403 g/mol. The molecule has 0 atom stereocenters. The molecule has 0 unspecified atom stereocenters. The molecule has 0 saturated carbocycles. The molecule has 4 nitrogen and oxygen atoms in total. The molecule has 29 heavy (non-hydrogen) atoms. The lowest BCUT2D eigenvalue weighted by Crippen LogP contribution is -2.15. The van der Waals surface area contributed by atoms with Crippen LogP contribution in [0.4, 0.5) is 0 Å². The maximum atomic E-state index is 12.7. The number of carbonyl (C=O) groups is 2. The summed E-state index contributed by atoms with van der Waals surface area (Å²) in [6, 6.07) is 26.2. The molecule has 0 bridgehead atoms. The normalized spacial score (nSPS) is 11.1. The average molecular weight is 404 g/mol. The van der Waals surface area contributed by atoms with Gasteiger partial charge in [0, 0.05) is 16.2 Å². The van der Waals surface area contributed by atoms with E-state index in [0.717, 1.165) is 10.6 Å². The summed E-state index contributed by atoms with van der Waals surface area (Å²) in [5.74, 6) is 0.0376. The summed E-state index contributed by atoms with van der Waals surface area (Å²) in [6.45, 7) is 1.80. The molecule has 3 rings (SSSR count). The van der Waals surface area contributed by atoms with Crippen LogP contribution in [0, 0.1) is 0 Å². The highest BCUT2D eigenvalue weighted by Crippen LogP contribution is 2.23. The second-order valence-corrected chi connectivity index (χ2v) is 7.31. The Kier molecular flexibility index (Phi) is 7.36. The molecule has 0 amide bonds. The van der Waals surface area contributed by atoms with Gasteiger partial charge in [0.05, 0.1) is 5.56 Å². The Bertz CT molecular complexity index is 984. The van der Waals surface area contributed by atoms with Crippen LogP contribution in [-0.4, -0.2) is 17.5 Å². The van der Waals surface area contributed by atoms with Gasteiger partial charge in [0.15, 0.2) is 0 Å². The van der Waals surface area contributed by atoms with Crippen LogP contribution in [0.2, 0.25) is 0 Å². The largest absolute Gasteiger partial charge is 0.365 e. The van der Waals surface area contributed by atoms with Crippen LogP contribution in [0.1, 0.15) is 39.6 Å². The molecule has 3 aromatic rings. The summed E-state index contributed by atoms with van der Waals surface area (Å²) in [4.78, 5) is 30.7. The molecule has 0 heterocycles. The molecule has 146 valence electrons. The molecule has 0 aliphatic heterocycles. The first kappa shape index (κ1) is 20.6. The lowest BCUT2D eigenvalue weighted by molar-refractivity contribution is 0.0515. The molecule has 0 N–H and O–H groups in total. The molecule has 0 fully saturated rings. The smallest absolute Gasteiger partial charge is 0.312 e. The molecule has 0 aliphatic rings.